The molecule has 35 heavy (non-hydrogen) atoms. The fraction of sp³-hybridized carbons (Fsp3) is 0.200. The van der Waals surface area contributed by atoms with Gasteiger partial charge >= 0.3 is 17.6 Å². The van der Waals surface area contributed by atoms with Crippen LogP contribution in [0, 0.1) is 0 Å². The van der Waals surface area contributed by atoms with Crippen molar-refractivity contribution in [1.82, 2.24) is 4.98 Å². The summed E-state index contributed by atoms with van der Waals surface area (Å²) >= 11 is 6.68. The van der Waals surface area contributed by atoms with Gasteiger partial charge in [-0.2, -0.15) is 0 Å². The molecule has 2 aromatic carbocycles. The first-order valence-corrected chi connectivity index (χ1v) is 12.0. The van der Waals surface area contributed by atoms with Crippen molar-refractivity contribution in [2.75, 3.05) is 13.7 Å². The summed E-state index contributed by atoms with van der Waals surface area (Å²) in [4.78, 5) is 48.6. The molecule has 0 unspecified atom stereocenters. The van der Waals surface area contributed by atoms with Crippen LogP contribution in [0.25, 0.3) is 21.5 Å². The van der Waals surface area contributed by atoms with Gasteiger partial charge in [0, 0.05) is 20.0 Å². The van der Waals surface area contributed by atoms with Crippen molar-refractivity contribution in [1.29, 1.82) is 0 Å². The predicted octanol–water partition coefficient (Wildman–Crippen LogP) is 4.67. The predicted molar refractivity (Wildman–Crippen MR) is 139 cm³/mol. The number of hydrogen-bond acceptors (Lipinski definition) is 7. The van der Waals surface area contributed by atoms with Crippen LogP contribution in [0.2, 0.25) is 0 Å². The summed E-state index contributed by atoms with van der Waals surface area (Å²) in [6.07, 6.45) is 0.0275. The monoisotopic (exact) mass is 605 g/mol. The number of nitrogens with one attached hydrogen (secondary N) is 1. The molecule has 0 bridgehead atoms. The van der Waals surface area contributed by atoms with Crippen LogP contribution in [0.1, 0.15) is 18.4 Å². The minimum absolute atomic E-state index is 0.0362. The molecule has 0 fully saturated rings. The number of halogens is 2. The molecular weight excluding hydrogens is 586 g/mol. The lowest BCUT2D eigenvalue weighted by Crippen LogP contribution is -2.13. The van der Waals surface area contributed by atoms with Crippen LogP contribution in [0.5, 0.6) is 0 Å². The number of ether oxygens (including phenoxy) is 2. The molecule has 0 aliphatic carbocycles. The zero-order valence-electron chi connectivity index (χ0n) is 18.9. The number of carbonyl (C=O) groups excluding carboxylic acids is 2. The quantitative estimate of drug-likeness (QED) is 0.328. The van der Waals surface area contributed by atoms with Gasteiger partial charge in [0.2, 0.25) is 0 Å². The van der Waals surface area contributed by atoms with Gasteiger partial charge in [-0.1, -0.05) is 31.9 Å². The van der Waals surface area contributed by atoms with E-state index < -0.39 is 11.6 Å². The first-order chi connectivity index (χ1) is 16.7. The number of hydrogen-bond donors (Lipinski definition) is 1. The highest BCUT2D eigenvalue weighted by Crippen LogP contribution is 2.19. The molecule has 4 aromatic rings. The lowest BCUT2D eigenvalue weighted by Gasteiger charge is -2.03. The topological polar surface area (TPSA) is 116 Å². The Kier molecular flexibility index (Phi) is 9.00. The van der Waals surface area contributed by atoms with Crippen molar-refractivity contribution < 1.29 is 23.5 Å². The normalized spacial score (nSPS) is 10.5. The third-order valence-corrected chi connectivity index (χ3v) is 5.81. The maximum Gasteiger partial charge on any atom is 0.343 e. The van der Waals surface area contributed by atoms with Crippen LogP contribution in [0.3, 0.4) is 0 Å². The Morgan fingerprint density at radius 1 is 0.886 bits per heavy atom. The van der Waals surface area contributed by atoms with E-state index in [2.05, 4.69) is 41.6 Å². The number of rotatable bonds is 5. The van der Waals surface area contributed by atoms with Gasteiger partial charge in [0.15, 0.2) is 0 Å². The van der Waals surface area contributed by atoms with Gasteiger partial charge in [0.25, 0.3) is 5.56 Å². The van der Waals surface area contributed by atoms with Gasteiger partial charge < -0.3 is 18.9 Å². The van der Waals surface area contributed by atoms with Crippen molar-refractivity contribution in [3.63, 3.8) is 0 Å². The molecule has 0 amide bonds. The second-order valence-electron chi connectivity index (χ2n) is 7.32. The smallest absolute Gasteiger partial charge is 0.343 e. The highest BCUT2D eigenvalue weighted by atomic mass is 79.9. The first-order valence-electron chi connectivity index (χ1n) is 10.5. The van der Waals surface area contributed by atoms with Gasteiger partial charge in [0.05, 0.1) is 25.5 Å². The molecule has 2 heterocycles. The fourth-order valence-electron chi connectivity index (χ4n) is 3.28. The Balaban J connectivity index is 0.000000196. The third-order valence-electron chi connectivity index (χ3n) is 4.82. The summed E-state index contributed by atoms with van der Waals surface area (Å²) in [5.74, 6) is -0.478. The van der Waals surface area contributed by atoms with Gasteiger partial charge in [-0.05, 0) is 66.2 Å². The molecule has 0 aliphatic heterocycles. The maximum absolute atomic E-state index is 11.8. The third kappa shape index (κ3) is 7.12. The van der Waals surface area contributed by atoms with Gasteiger partial charge in [-0.25, -0.2) is 4.79 Å². The molecule has 0 saturated carbocycles. The minimum Gasteiger partial charge on any atom is -0.469 e. The number of aromatic nitrogens is 1. The van der Waals surface area contributed by atoms with E-state index in [9.17, 15) is 19.2 Å². The van der Waals surface area contributed by atoms with Crippen molar-refractivity contribution in [2.45, 2.75) is 19.8 Å². The number of aromatic amines is 1. The standard InChI is InChI=1S/C13H11BrO4.C12H10BrNO3/c1-2-17-12(15)7-10-6-8-5-9(14)3-4-11(8)13(16)18-10;1-17-11(15)6-9-5-7-4-8(13)2-3-10(7)12(16)14-9/h3-6H,2,7H2,1H3;2-5H,6H2,1H3,(H,14,16). The van der Waals surface area contributed by atoms with Gasteiger partial charge in [0.1, 0.15) is 12.2 Å². The van der Waals surface area contributed by atoms with Crippen LogP contribution < -0.4 is 11.2 Å². The van der Waals surface area contributed by atoms with Crippen LogP contribution in [-0.2, 0) is 31.9 Å². The minimum atomic E-state index is -0.445. The summed E-state index contributed by atoms with van der Waals surface area (Å²) in [7, 11) is 1.32. The van der Waals surface area contributed by atoms with E-state index in [1.807, 2.05) is 6.07 Å². The molecule has 4 rings (SSSR count). The molecule has 1 N–H and O–H groups in total. The average Bonchev–Trinajstić information content (AvgIpc) is 2.79. The molecule has 0 spiro atoms. The van der Waals surface area contributed by atoms with E-state index in [4.69, 9.17) is 9.15 Å². The number of methoxy groups -OCH3 is 1. The van der Waals surface area contributed by atoms with Crippen LogP contribution in [0.15, 0.2) is 71.5 Å². The molecule has 8 nitrogen and oxygen atoms in total. The van der Waals surface area contributed by atoms with Crippen LogP contribution >= 0.6 is 31.9 Å². The molecule has 2 aromatic heterocycles. The highest BCUT2D eigenvalue weighted by molar-refractivity contribution is 9.10. The van der Waals surface area contributed by atoms with Crippen molar-refractivity contribution in [3.8, 4) is 0 Å². The van der Waals surface area contributed by atoms with Crippen molar-refractivity contribution >= 4 is 65.3 Å². The zero-order valence-corrected chi connectivity index (χ0v) is 22.0. The largest absolute Gasteiger partial charge is 0.469 e. The number of carbonyl (C=O) groups is 2. The summed E-state index contributed by atoms with van der Waals surface area (Å²) in [6, 6.07) is 14.1. The summed E-state index contributed by atoms with van der Waals surface area (Å²) in [6.45, 7) is 2.04. The van der Waals surface area contributed by atoms with Gasteiger partial charge in [-0.15, -0.1) is 0 Å². The Labute approximate surface area is 216 Å². The molecule has 182 valence electrons. The number of fused-ring (bicyclic) bond motifs is 2. The highest BCUT2D eigenvalue weighted by Gasteiger charge is 2.10. The SMILES string of the molecule is CCOC(=O)Cc1cc2cc(Br)ccc2c(=O)o1.COC(=O)Cc1cc2cc(Br)ccc2c(=O)[nH]1. The van der Waals surface area contributed by atoms with E-state index >= 15 is 0 Å². The lowest BCUT2D eigenvalue weighted by atomic mass is 10.1. The number of pyridine rings is 1. The summed E-state index contributed by atoms with van der Waals surface area (Å²) in [5, 5.41) is 2.62. The average molecular weight is 607 g/mol. The van der Waals surface area contributed by atoms with E-state index in [-0.39, 0.29) is 24.4 Å². The maximum atomic E-state index is 11.8. The molecule has 0 aliphatic rings. The lowest BCUT2D eigenvalue weighted by molar-refractivity contribution is -0.142. The Bertz CT molecular complexity index is 1510. The van der Waals surface area contributed by atoms with E-state index in [1.165, 1.54) is 7.11 Å². The Hall–Kier alpha value is -3.24. The van der Waals surface area contributed by atoms with E-state index in [0.717, 1.165) is 19.7 Å². The molecule has 0 saturated heterocycles. The molecule has 10 heteroatoms. The van der Waals surface area contributed by atoms with Crippen LogP contribution in [-0.4, -0.2) is 30.6 Å². The Morgan fingerprint density at radius 2 is 1.51 bits per heavy atom. The van der Waals surface area contributed by atoms with Crippen molar-refractivity contribution in [3.05, 3.63) is 89.7 Å². The second-order valence-corrected chi connectivity index (χ2v) is 9.15. The molecular formula is C25H21Br2NO7. The summed E-state index contributed by atoms with van der Waals surface area (Å²) in [5.41, 5.74) is -0.0966. The first kappa shape index (κ1) is 26.4. The second kappa shape index (κ2) is 11.9. The number of H-pyrrole nitrogens is 1. The van der Waals surface area contributed by atoms with E-state index in [1.54, 1.807) is 49.4 Å². The number of benzene rings is 2. The zero-order chi connectivity index (χ0) is 25.5. The Morgan fingerprint density at radius 3 is 2.14 bits per heavy atom. The van der Waals surface area contributed by atoms with E-state index in [0.29, 0.717) is 28.8 Å². The fourth-order valence-corrected chi connectivity index (χ4v) is 4.03. The van der Waals surface area contributed by atoms with Crippen molar-refractivity contribution in [2.24, 2.45) is 0 Å². The summed E-state index contributed by atoms with van der Waals surface area (Å²) < 4.78 is 16.2. The molecule has 0 radical (unpaired) electrons. The van der Waals surface area contributed by atoms with Gasteiger partial charge in [-0.3, -0.25) is 14.4 Å². The molecule has 0 atom stereocenters. The number of esters is 2. The van der Waals surface area contributed by atoms with Crippen LogP contribution in [0.4, 0.5) is 0 Å².